The van der Waals surface area contributed by atoms with Gasteiger partial charge < -0.3 is 19.5 Å². The van der Waals surface area contributed by atoms with Crippen molar-refractivity contribution < 1.29 is 31.5 Å². The monoisotopic (exact) mass is 607 g/mol. The molecule has 11 nitrogen and oxygen atoms in total. The number of hydrogen-bond acceptors (Lipinski definition) is 9. The predicted octanol–water partition coefficient (Wildman–Crippen LogP) is 1.96. The third kappa shape index (κ3) is 6.93. The maximum atomic E-state index is 13.3. The number of carbonyl (C=O) groups excluding carboxylic acids is 2. The number of rotatable bonds is 13. The van der Waals surface area contributed by atoms with Gasteiger partial charge in [-0.25, -0.2) is 18.5 Å². The molecule has 40 heavy (non-hydrogen) atoms. The van der Waals surface area contributed by atoms with E-state index in [1.54, 1.807) is 37.3 Å². The van der Waals surface area contributed by atoms with Crippen LogP contribution in [0, 0.1) is 5.92 Å². The van der Waals surface area contributed by atoms with Crippen LogP contribution in [0.25, 0.3) is 21.3 Å². The number of nitrogens with zero attached hydrogens (tertiary/aromatic N) is 2. The Labute approximate surface area is 239 Å². The van der Waals surface area contributed by atoms with E-state index in [4.69, 9.17) is 9.88 Å². The number of ether oxygens (including phenoxy) is 1. The number of sulfonamides is 1. The van der Waals surface area contributed by atoms with Crippen molar-refractivity contribution in [1.29, 1.82) is 0 Å². The van der Waals surface area contributed by atoms with Gasteiger partial charge in [0.25, 0.3) is 5.91 Å². The molecule has 2 atom stereocenters. The fourth-order valence-electron chi connectivity index (χ4n) is 4.30. The van der Waals surface area contributed by atoms with Crippen molar-refractivity contribution in [2.24, 2.45) is 11.1 Å². The van der Waals surface area contributed by atoms with Crippen molar-refractivity contribution in [2.75, 3.05) is 39.6 Å². The summed E-state index contributed by atoms with van der Waals surface area (Å²) < 4.78 is 51.7. The Morgan fingerprint density at radius 2 is 1.90 bits per heavy atom. The van der Waals surface area contributed by atoms with Gasteiger partial charge in [0.2, 0.25) is 15.9 Å². The molecule has 2 unspecified atom stereocenters. The number of primary sulfonamides is 1. The summed E-state index contributed by atoms with van der Waals surface area (Å²) >= 11 is -1.75. The summed E-state index contributed by atoms with van der Waals surface area (Å²) in [6.45, 7) is 0.606. The van der Waals surface area contributed by atoms with Crippen LogP contribution in [0.15, 0.2) is 42.5 Å². The van der Waals surface area contributed by atoms with E-state index in [2.05, 4.69) is 10.3 Å². The summed E-state index contributed by atoms with van der Waals surface area (Å²) in [5, 5.41) is 7.60. The highest BCUT2D eigenvalue weighted by Gasteiger charge is 2.48. The van der Waals surface area contributed by atoms with Gasteiger partial charge in [-0.3, -0.25) is 13.8 Å². The van der Waals surface area contributed by atoms with Crippen molar-refractivity contribution in [1.82, 2.24) is 15.2 Å². The molecule has 2 amide bonds. The number of thiazole rings is 1. The average molecular weight is 608 g/mol. The molecular formula is C26H31N4O7S3-. The maximum Gasteiger partial charge on any atom is 0.253 e. The zero-order chi connectivity index (χ0) is 29.1. The van der Waals surface area contributed by atoms with E-state index in [9.17, 15) is 26.8 Å². The van der Waals surface area contributed by atoms with E-state index in [0.717, 1.165) is 35.3 Å². The fourth-order valence-corrected chi connectivity index (χ4v) is 6.90. The molecule has 0 saturated heterocycles. The molecule has 0 radical (unpaired) electrons. The molecule has 1 fully saturated rings. The Bertz CT molecular complexity index is 1520. The van der Waals surface area contributed by atoms with Crippen LogP contribution in [-0.2, 0) is 35.4 Å². The summed E-state index contributed by atoms with van der Waals surface area (Å²) in [6.07, 6.45) is 1.67. The van der Waals surface area contributed by atoms with Crippen molar-refractivity contribution in [3.8, 4) is 11.1 Å². The number of likely N-dealkylation sites (N-methyl/N-ethyl adjacent to an activating group) is 1. The molecule has 3 aromatic rings. The third-order valence-corrected chi connectivity index (χ3v) is 9.97. The second-order valence-electron chi connectivity index (χ2n) is 9.83. The van der Waals surface area contributed by atoms with Gasteiger partial charge in [-0.05, 0) is 58.8 Å². The largest absolute Gasteiger partial charge is 0.771 e. The molecular weight excluding hydrogens is 577 g/mol. The van der Waals surface area contributed by atoms with E-state index in [1.807, 2.05) is 24.3 Å². The number of methoxy groups -OCH3 is 1. The Kier molecular flexibility index (Phi) is 9.37. The molecule has 0 spiro atoms. The van der Waals surface area contributed by atoms with Gasteiger partial charge in [0.15, 0.2) is 4.75 Å². The molecule has 1 aliphatic carbocycles. The normalized spacial score (nSPS) is 15.9. The van der Waals surface area contributed by atoms with E-state index in [-0.39, 0.29) is 29.8 Å². The molecule has 2 aromatic carbocycles. The number of benzene rings is 2. The Morgan fingerprint density at radius 1 is 1.23 bits per heavy atom. The fraction of sp³-hybridized carbons (Fsp3) is 0.423. The van der Waals surface area contributed by atoms with Crippen molar-refractivity contribution in [3.63, 3.8) is 0 Å². The third-order valence-electron chi connectivity index (χ3n) is 6.77. The molecule has 216 valence electrons. The first-order chi connectivity index (χ1) is 18.9. The SMILES string of the molecule is COCCN(C)C(=O)c1ccc(-c2ccc3nc(C(CC4CC4)(C(=O)NCCS(N)(=O)=O)S(=O)[O-])sc3c2)cc1. The van der Waals surface area contributed by atoms with Gasteiger partial charge in [-0.1, -0.05) is 31.0 Å². The standard InChI is InChI=1S/C26H32N4O7S3/c1-30(12-13-37-2)23(31)19-7-5-18(6-8-19)20-9-10-21-22(15-20)38-25(29-21)26(39(33)34,16-17-3-4-17)24(32)28-11-14-40(27,35)36/h5-10,15,17H,3-4,11-14,16H2,1-2H3,(H,28,32)(H,33,34)(H2,27,35,36)/p-1. The lowest BCUT2D eigenvalue weighted by Gasteiger charge is -2.32. The Balaban J connectivity index is 1.62. The van der Waals surface area contributed by atoms with Crippen LogP contribution in [0.3, 0.4) is 0 Å². The highest BCUT2D eigenvalue weighted by Crippen LogP contribution is 2.46. The highest BCUT2D eigenvalue weighted by molar-refractivity contribution is 7.89. The lowest BCUT2D eigenvalue weighted by atomic mass is 10.0. The zero-order valence-electron chi connectivity index (χ0n) is 22.1. The first kappa shape index (κ1) is 30.2. The molecule has 0 bridgehead atoms. The quantitative estimate of drug-likeness (QED) is 0.278. The molecule has 0 aliphatic heterocycles. The number of carbonyl (C=O) groups is 2. The van der Waals surface area contributed by atoms with Crippen LogP contribution in [0.4, 0.5) is 0 Å². The summed E-state index contributed by atoms with van der Waals surface area (Å²) in [5.74, 6) is -1.39. The van der Waals surface area contributed by atoms with Crippen molar-refractivity contribution in [2.45, 2.75) is 24.0 Å². The number of nitrogens with one attached hydrogen (secondary N) is 1. The van der Waals surface area contributed by atoms with Gasteiger partial charge in [0, 0.05) is 32.8 Å². The van der Waals surface area contributed by atoms with Gasteiger partial charge in [-0.15, -0.1) is 11.3 Å². The summed E-state index contributed by atoms with van der Waals surface area (Å²) in [5.41, 5.74) is 2.77. The van der Waals surface area contributed by atoms with E-state index in [1.165, 1.54) is 0 Å². The van der Waals surface area contributed by atoms with Crippen molar-refractivity contribution in [3.05, 3.63) is 53.0 Å². The minimum atomic E-state index is -3.84. The Hall–Kier alpha value is -2.75. The van der Waals surface area contributed by atoms with Crippen LogP contribution >= 0.6 is 11.3 Å². The minimum absolute atomic E-state index is 0.0548. The zero-order valence-corrected chi connectivity index (χ0v) is 24.6. The number of hydrogen-bond donors (Lipinski definition) is 2. The van der Waals surface area contributed by atoms with Crippen LogP contribution in [0.1, 0.15) is 34.6 Å². The van der Waals surface area contributed by atoms with Crippen LogP contribution in [0.5, 0.6) is 0 Å². The van der Waals surface area contributed by atoms with Crippen LogP contribution in [-0.4, -0.2) is 78.5 Å². The first-order valence-electron chi connectivity index (χ1n) is 12.6. The molecule has 1 saturated carbocycles. The molecule has 14 heteroatoms. The smallest absolute Gasteiger partial charge is 0.253 e. The highest BCUT2D eigenvalue weighted by atomic mass is 32.2. The molecule has 3 N–H and O–H groups in total. The summed E-state index contributed by atoms with van der Waals surface area (Å²) in [7, 11) is -0.545. The number of fused-ring (bicyclic) bond motifs is 1. The summed E-state index contributed by atoms with van der Waals surface area (Å²) in [4.78, 5) is 32.1. The number of amides is 2. The predicted molar refractivity (Wildman–Crippen MR) is 153 cm³/mol. The Morgan fingerprint density at radius 3 is 2.50 bits per heavy atom. The van der Waals surface area contributed by atoms with Gasteiger partial charge in [0.05, 0.1) is 22.6 Å². The molecule has 1 aromatic heterocycles. The number of nitrogens with two attached hydrogens (primary N) is 1. The lowest BCUT2D eigenvalue weighted by Crippen LogP contribution is -2.49. The van der Waals surface area contributed by atoms with Crippen LogP contribution < -0.4 is 10.5 Å². The lowest BCUT2D eigenvalue weighted by molar-refractivity contribution is -0.124. The first-order valence-corrected chi connectivity index (χ1v) is 16.2. The topological polar surface area (TPSA) is 172 Å². The van der Waals surface area contributed by atoms with Gasteiger partial charge in [-0.2, -0.15) is 0 Å². The van der Waals surface area contributed by atoms with E-state index in [0.29, 0.717) is 28.9 Å². The van der Waals surface area contributed by atoms with Crippen molar-refractivity contribution >= 4 is 54.5 Å². The van der Waals surface area contributed by atoms with Gasteiger partial charge in [0.1, 0.15) is 5.01 Å². The second-order valence-corrected chi connectivity index (χ2v) is 13.8. The molecule has 1 aliphatic rings. The number of aromatic nitrogens is 1. The van der Waals surface area contributed by atoms with Crippen LogP contribution in [0.2, 0.25) is 0 Å². The molecule has 4 rings (SSSR count). The van der Waals surface area contributed by atoms with E-state index >= 15 is 0 Å². The van der Waals surface area contributed by atoms with E-state index < -0.39 is 37.5 Å². The second kappa shape index (κ2) is 12.4. The average Bonchev–Trinajstić information content (AvgIpc) is 3.63. The summed E-state index contributed by atoms with van der Waals surface area (Å²) in [6, 6.07) is 12.6. The molecule has 1 heterocycles. The maximum absolute atomic E-state index is 13.3. The van der Waals surface area contributed by atoms with Gasteiger partial charge >= 0.3 is 0 Å². The minimum Gasteiger partial charge on any atom is -0.771 e.